The fourth-order valence-electron chi connectivity index (χ4n) is 1.88. The molecule has 0 radical (unpaired) electrons. The Bertz CT molecular complexity index is 697. The predicted octanol–water partition coefficient (Wildman–Crippen LogP) is 1.92. The van der Waals surface area contributed by atoms with Gasteiger partial charge in [0.2, 0.25) is 0 Å². The molecular weight excluding hydrogens is 332 g/mol. The van der Waals surface area contributed by atoms with Crippen molar-refractivity contribution in [3.8, 4) is 0 Å². The van der Waals surface area contributed by atoms with Crippen LogP contribution in [0.5, 0.6) is 0 Å². The Hall–Kier alpha value is -2.58. The number of ether oxygens (including phenoxy) is 1. The summed E-state index contributed by atoms with van der Waals surface area (Å²) in [5.41, 5.74) is 11.9. The summed E-state index contributed by atoms with van der Waals surface area (Å²) in [6.45, 7) is 1.29. The van der Waals surface area contributed by atoms with E-state index in [0.717, 1.165) is 6.42 Å². The number of anilines is 3. The summed E-state index contributed by atoms with van der Waals surface area (Å²) in [5.74, 6) is 0.431. The SMILES string of the molecule is COCCCNc1ncnc(NNC(=O)c2cccc(Cl)c2)c1N. The van der Waals surface area contributed by atoms with Crippen LogP contribution in [-0.2, 0) is 4.74 Å². The van der Waals surface area contributed by atoms with Gasteiger partial charge < -0.3 is 15.8 Å². The first-order valence-electron chi connectivity index (χ1n) is 7.27. The fraction of sp³-hybridized carbons (Fsp3) is 0.267. The van der Waals surface area contributed by atoms with Crippen molar-refractivity contribution in [3.63, 3.8) is 0 Å². The van der Waals surface area contributed by atoms with E-state index >= 15 is 0 Å². The van der Waals surface area contributed by atoms with Crippen molar-refractivity contribution in [3.05, 3.63) is 41.2 Å². The van der Waals surface area contributed by atoms with Crippen LogP contribution < -0.4 is 21.9 Å². The lowest BCUT2D eigenvalue weighted by molar-refractivity contribution is 0.0962. The Morgan fingerprint density at radius 3 is 2.88 bits per heavy atom. The van der Waals surface area contributed by atoms with E-state index in [4.69, 9.17) is 22.1 Å². The smallest absolute Gasteiger partial charge is 0.269 e. The molecule has 128 valence electrons. The third kappa shape index (κ3) is 4.97. The maximum atomic E-state index is 12.1. The quantitative estimate of drug-likeness (QED) is 0.424. The van der Waals surface area contributed by atoms with Gasteiger partial charge in [-0.2, -0.15) is 0 Å². The molecule has 0 unspecified atom stereocenters. The van der Waals surface area contributed by atoms with E-state index in [0.29, 0.717) is 41.1 Å². The van der Waals surface area contributed by atoms with Crippen LogP contribution in [0.1, 0.15) is 16.8 Å². The molecule has 0 atom stereocenters. The van der Waals surface area contributed by atoms with Gasteiger partial charge in [-0.3, -0.25) is 15.6 Å². The second-order valence-electron chi connectivity index (χ2n) is 4.85. The topological polar surface area (TPSA) is 114 Å². The van der Waals surface area contributed by atoms with Crippen LogP contribution in [0, 0.1) is 0 Å². The molecule has 1 aromatic heterocycles. The van der Waals surface area contributed by atoms with Gasteiger partial charge in [0.25, 0.3) is 5.91 Å². The molecule has 0 fully saturated rings. The number of halogens is 1. The Kier molecular flexibility index (Phi) is 6.59. The Balaban J connectivity index is 1.96. The number of rotatable bonds is 8. The molecular formula is C15H19ClN6O2. The molecule has 1 heterocycles. The summed E-state index contributed by atoms with van der Waals surface area (Å²) < 4.78 is 4.98. The van der Waals surface area contributed by atoms with Crippen LogP contribution in [0.3, 0.4) is 0 Å². The van der Waals surface area contributed by atoms with E-state index in [1.54, 1.807) is 31.4 Å². The molecule has 2 rings (SSSR count). The molecule has 24 heavy (non-hydrogen) atoms. The van der Waals surface area contributed by atoms with E-state index < -0.39 is 0 Å². The lowest BCUT2D eigenvalue weighted by atomic mass is 10.2. The zero-order valence-electron chi connectivity index (χ0n) is 13.2. The zero-order chi connectivity index (χ0) is 17.4. The lowest BCUT2D eigenvalue weighted by Crippen LogP contribution is -2.30. The number of amides is 1. The Morgan fingerprint density at radius 1 is 1.33 bits per heavy atom. The molecule has 1 amide bonds. The minimum atomic E-state index is -0.356. The Morgan fingerprint density at radius 2 is 2.12 bits per heavy atom. The van der Waals surface area contributed by atoms with Crippen molar-refractivity contribution in [1.29, 1.82) is 0 Å². The van der Waals surface area contributed by atoms with Gasteiger partial charge in [0, 0.05) is 30.8 Å². The number of nitrogens with two attached hydrogens (primary N) is 1. The molecule has 0 aliphatic carbocycles. The van der Waals surface area contributed by atoms with Gasteiger partial charge in [0.1, 0.15) is 12.0 Å². The summed E-state index contributed by atoms with van der Waals surface area (Å²) in [6, 6.07) is 6.59. The van der Waals surface area contributed by atoms with Gasteiger partial charge in [-0.25, -0.2) is 9.97 Å². The van der Waals surface area contributed by atoms with Crippen molar-refractivity contribution in [2.24, 2.45) is 0 Å². The van der Waals surface area contributed by atoms with Crippen LogP contribution in [0.4, 0.5) is 17.3 Å². The summed E-state index contributed by atoms with van der Waals surface area (Å²) >= 11 is 5.86. The number of aromatic nitrogens is 2. The van der Waals surface area contributed by atoms with Crippen molar-refractivity contribution < 1.29 is 9.53 Å². The molecule has 0 bridgehead atoms. The maximum absolute atomic E-state index is 12.1. The van der Waals surface area contributed by atoms with Gasteiger partial charge in [0.05, 0.1) is 0 Å². The number of carbonyl (C=O) groups excluding carboxylic acids is 1. The summed E-state index contributed by atoms with van der Waals surface area (Å²) in [4.78, 5) is 20.2. The molecule has 8 nitrogen and oxygen atoms in total. The third-order valence-corrected chi connectivity index (χ3v) is 3.32. The first-order valence-corrected chi connectivity index (χ1v) is 7.65. The zero-order valence-corrected chi connectivity index (χ0v) is 13.9. The largest absolute Gasteiger partial charge is 0.393 e. The highest BCUT2D eigenvalue weighted by atomic mass is 35.5. The molecule has 5 N–H and O–H groups in total. The number of hydrazine groups is 1. The van der Waals surface area contributed by atoms with Crippen LogP contribution >= 0.6 is 11.6 Å². The van der Waals surface area contributed by atoms with Crippen molar-refractivity contribution >= 4 is 34.8 Å². The highest BCUT2D eigenvalue weighted by molar-refractivity contribution is 6.30. The van der Waals surface area contributed by atoms with Gasteiger partial charge in [-0.1, -0.05) is 17.7 Å². The fourth-order valence-corrected chi connectivity index (χ4v) is 2.07. The molecule has 1 aromatic carbocycles. The minimum Gasteiger partial charge on any atom is -0.393 e. The van der Waals surface area contributed by atoms with Crippen LogP contribution in [-0.4, -0.2) is 36.1 Å². The second kappa shape index (κ2) is 8.90. The molecule has 0 spiro atoms. The monoisotopic (exact) mass is 350 g/mol. The average molecular weight is 351 g/mol. The number of hydrogen-bond acceptors (Lipinski definition) is 7. The Labute approximate surface area is 144 Å². The maximum Gasteiger partial charge on any atom is 0.269 e. The first kappa shape index (κ1) is 17.8. The van der Waals surface area contributed by atoms with Crippen LogP contribution in [0.25, 0.3) is 0 Å². The molecule has 9 heteroatoms. The number of nitrogen functional groups attached to an aromatic ring is 1. The second-order valence-corrected chi connectivity index (χ2v) is 5.28. The van der Waals surface area contributed by atoms with E-state index in [2.05, 4.69) is 26.1 Å². The standard InChI is InChI=1S/C15H19ClN6O2/c1-24-7-3-6-18-13-12(17)14(20-9-19-13)21-22-15(23)10-4-2-5-11(16)8-10/h2,4-5,8-9H,3,6-7,17H2,1H3,(H,22,23)(H2,18,19,20,21). The normalized spacial score (nSPS) is 10.2. The highest BCUT2D eigenvalue weighted by Gasteiger charge is 2.10. The summed E-state index contributed by atoms with van der Waals surface area (Å²) in [6.07, 6.45) is 2.16. The number of carbonyl (C=O) groups is 1. The lowest BCUT2D eigenvalue weighted by Gasteiger charge is -2.13. The summed E-state index contributed by atoms with van der Waals surface area (Å²) in [7, 11) is 1.64. The molecule has 0 aliphatic heterocycles. The van der Waals surface area contributed by atoms with Gasteiger partial charge in [-0.05, 0) is 24.6 Å². The summed E-state index contributed by atoms with van der Waals surface area (Å²) in [5, 5.41) is 3.57. The van der Waals surface area contributed by atoms with Gasteiger partial charge >= 0.3 is 0 Å². The number of hydrogen-bond donors (Lipinski definition) is 4. The predicted molar refractivity (Wildman–Crippen MR) is 94.0 cm³/mol. The molecule has 2 aromatic rings. The van der Waals surface area contributed by atoms with Gasteiger partial charge in [-0.15, -0.1) is 0 Å². The van der Waals surface area contributed by atoms with Crippen LogP contribution in [0.15, 0.2) is 30.6 Å². The van der Waals surface area contributed by atoms with Crippen molar-refractivity contribution in [2.45, 2.75) is 6.42 Å². The highest BCUT2D eigenvalue weighted by Crippen LogP contribution is 2.21. The van der Waals surface area contributed by atoms with E-state index in [9.17, 15) is 4.79 Å². The molecule has 0 saturated carbocycles. The third-order valence-electron chi connectivity index (χ3n) is 3.08. The van der Waals surface area contributed by atoms with Gasteiger partial charge in [0.15, 0.2) is 11.6 Å². The van der Waals surface area contributed by atoms with Crippen molar-refractivity contribution in [2.75, 3.05) is 36.7 Å². The number of benzene rings is 1. The number of nitrogens with one attached hydrogen (secondary N) is 3. The van der Waals surface area contributed by atoms with E-state index in [1.807, 2.05) is 0 Å². The molecule has 0 saturated heterocycles. The first-order chi connectivity index (χ1) is 11.6. The van der Waals surface area contributed by atoms with Crippen molar-refractivity contribution in [1.82, 2.24) is 15.4 Å². The van der Waals surface area contributed by atoms with E-state index in [1.165, 1.54) is 6.33 Å². The average Bonchev–Trinajstić information content (AvgIpc) is 2.58. The number of nitrogens with zero attached hydrogens (tertiary/aromatic N) is 2. The van der Waals surface area contributed by atoms with E-state index in [-0.39, 0.29) is 5.91 Å². The van der Waals surface area contributed by atoms with Crippen LogP contribution in [0.2, 0.25) is 5.02 Å². The minimum absolute atomic E-state index is 0.301. The molecule has 0 aliphatic rings. The number of methoxy groups -OCH3 is 1.